The molecule has 7 heteroatoms. The van der Waals surface area contributed by atoms with Crippen LogP contribution >= 0.6 is 15.9 Å². The van der Waals surface area contributed by atoms with Gasteiger partial charge in [0.2, 0.25) is 5.91 Å². The van der Waals surface area contributed by atoms with Crippen molar-refractivity contribution in [1.29, 1.82) is 0 Å². The van der Waals surface area contributed by atoms with E-state index in [1.54, 1.807) is 36.4 Å². The number of carbonyl (C=O) groups excluding carboxylic acids is 2. The first kappa shape index (κ1) is 21.5. The van der Waals surface area contributed by atoms with Crippen LogP contribution in [0.1, 0.15) is 15.9 Å². The average Bonchev–Trinajstić information content (AvgIpc) is 2.80. The minimum Gasteiger partial charge on any atom is -0.348 e. The monoisotopic (exact) mass is 489 g/mol. The van der Waals surface area contributed by atoms with Gasteiger partial charge in [0.15, 0.2) is 0 Å². The molecule has 6 nitrogen and oxygen atoms in total. The first-order valence-corrected chi connectivity index (χ1v) is 10.8. The molecule has 0 atom stereocenters. The van der Waals surface area contributed by atoms with Gasteiger partial charge in [0.05, 0.1) is 11.1 Å². The van der Waals surface area contributed by atoms with Crippen LogP contribution in [0, 0.1) is 0 Å². The number of amides is 2. The van der Waals surface area contributed by atoms with Gasteiger partial charge in [0.1, 0.15) is 6.54 Å². The molecule has 0 aliphatic rings. The highest BCUT2D eigenvalue weighted by Gasteiger charge is 2.16. The van der Waals surface area contributed by atoms with Crippen molar-refractivity contribution in [3.63, 3.8) is 0 Å². The summed E-state index contributed by atoms with van der Waals surface area (Å²) >= 11 is 3.37. The number of fused-ring (bicyclic) bond motifs is 1. The summed E-state index contributed by atoms with van der Waals surface area (Å²) in [6, 6.07) is 25.1. The first-order valence-electron chi connectivity index (χ1n) is 10.0. The Balaban J connectivity index is 1.60. The summed E-state index contributed by atoms with van der Waals surface area (Å²) in [5, 5.41) is 6.26. The van der Waals surface area contributed by atoms with Crippen molar-refractivity contribution >= 4 is 44.3 Å². The van der Waals surface area contributed by atoms with Gasteiger partial charge in [-0.05, 0) is 29.8 Å². The van der Waals surface area contributed by atoms with E-state index in [0.29, 0.717) is 23.1 Å². The number of aromatic nitrogens is 1. The van der Waals surface area contributed by atoms with E-state index in [2.05, 4.69) is 26.6 Å². The van der Waals surface area contributed by atoms with Crippen LogP contribution in [0.5, 0.6) is 0 Å². The van der Waals surface area contributed by atoms with Crippen LogP contribution in [-0.2, 0) is 17.9 Å². The Morgan fingerprint density at radius 3 is 2.41 bits per heavy atom. The van der Waals surface area contributed by atoms with Gasteiger partial charge < -0.3 is 10.6 Å². The largest absolute Gasteiger partial charge is 0.348 e. The van der Waals surface area contributed by atoms with Gasteiger partial charge in [-0.1, -0.05) is 70.5 Å². The fourth-order valence-corrected chi connectivity index (χ4v) is 3.87. The highest BCUT2D eigenvalue weighted by Crippen LogP contribution is 2.18. The van der Waals surface area contributed by atoms with Crippen LogP contribution in [0.4, 0.5) is 5.69 Å². The minimum atomic E-state index is -0.419. The Hall–Kier alpha value is -3.71. The van der Waals surface area contributed by atoms with Gasteiger partial charge in [-0.3, -0.25) is 19.0 Å². The zero-order valence-electron chi connectivity index (χ0n) is 17.0. The molecule has 4 aromatic rings. The normalized spacial score (nSPS) is 10.7. The molecule has 0 spiro atoms. The van der Waals surface area contributed by atoms with E-state index < -0.39 is 5.56 Å². The lowest BCUT2D eigenvalue weighted by Gasteiger charge is -2.14. The van der Waals surface area contributed by atoms with E-state index >= 15 is 0 Å². The molecular formula is C25H20BrN3O3. The highest BCUT2D eigenvalue weighted by molar-refractivity contribution is 9.10. The van der Waals surface area contributed by atoms with Crippen LogP contribution in [0.3, 0.4) is 0 Å². The van der Waals surface area contributed by atoms with E-state index in [-0.39, 0.29) is 23.9 Å². The third-order valence-electron chi connectivity index (χ3n) is 4.97. The number of rotatable bonds is 6. The maximum Gasteiger partial charge on any atom is 0.252 e. The van der Waals surface area contributed by atoms with Crippen molar-refractivity contribution in [1.82, 2.24) is 9.88 Å². The summed E-state index contributed by atoms with van der Waals surface area (Å²) in [7, 11) is 0. The van der Waals surface area contributed by atoms with E-state index in [4.69, 9.17) is 0 Å². The van der Waals surface area contributed by atoms with Gasteiger partial charge in [0, 0.05) is 28.2 Å². The minimum absolute atomic E-state index is 0.169. The lowest BCUT2D eigenvalue weighted by molar-refractivity contribution is -0.116. The lowest BCUT2D eigenvalue weighted by Crippen LogP contribution is -2.30. The number of hydrogen-bond donors (Lipinski definition) is 2. The van der Waals surface area contributed by atoms with Crippen molar-refractivity contribution in [2.24, 2.45) is 0 Å². The number of carbonyl (C=O) groups is 2. The SMILES string of the molecule is O=C(Cn1c(=O)cc(C(=O)NCc2ccccc2)c2ccccc21)Nc1cccc(Br)c1. The fraction of sp³-hybridized carbons (Fsp3) is 0.0800. The number of anilines is 1. The summed E-state index contributed by atoms with van der Waals surface area (Å²) < 4.78 is 2.21. The van der Waals surface area contributed by atoms with Gasteiger partial charge in [0.25, 0.3) is 11.5 Å². The molecule has 32 heavy (non-hydrogen) atoms. The highest BCUT2D eigenvalue weighted by atomic mass is 79.9. The summed E-state index contributed by atoms with van der Waals surface area (Å²) in [6.45, 7) is 0.184. The molecule has 2 N–H and O–H groups in total. The first-order chi connectivity index (χ1) is 15.5. The van der Waals surface area contributed by atoms with Crippen LogP contribution in [-0.4, -0.2) is 16.4 Å². The molecular weight excluding hydrogens is 470 g/mol. The Labute approximate surface area is 193 Å². The second-order valence-electron chi connectivity index (χ2n) is 7.23. The quantitative estimate of drug-likeness (QED) is 0.422. The molecule has 1 heterocycles. The number of para-hydroxylation sites is 1. The van der Waals surface area contributed by atoms with Gasteiger partial charge in [-0.25, -0.2) is 0 Å². The van der Waals surface area contributed by atoms with Crippen LogP contribution < -0.4 is 16.2 Å². The number of benzene rings is 3. The molecule has 0 unspecified atom stereocenters. The molecule has 0 radical (unpaired) electrons. The van der Waals surface area contributed by atoms with E-state index in [9.17, 15) is 14.4 Å². The summed E-state index contributed by atoms with van der Waals surface area (Å²) in [5.41, 5.74) is 1.97. The van der Waals surface area contributed by atoms with Crippen molar-refractivity contribution in [2.75, 3.05) is 5.32 Å². The van der Waals surface area contributed by atoms with Crippen LogP contribution in [0.15, 0.2) is 94.2 Å². The van der Waals surface area contributed by atoms with Crippen LogP contribution in [0.2, 0.25) is 0 Å². The fourth-order valence-electron chi connectivity index (χ4n) is 3.47. The molecule has 160 valence electrons. The Bertz CT molecular complexity index is 1350. The van der Waals surface area contributed by atoms with Crippen molar-refractivity contribution < 1.29 is 9.59 Å². The van der Waals surface area contributed by atoms with E-state index in [0.717, 1.165) is 10.0 Å². The standard InChI is InChI=1S/C25H20BrN3O3/c26-18-9-6-10-19(13-18)28-23(30)16-29-22-12-5-4-11-20(22)21(14-24(29)31)25(32)27-15-17-7-2-1-3-8-17/h1-14H,15-16H2,(H,27,32)(H,28,30). The third kappa shape index (κ3) is 4.95. The topological polar surface area (TPSA) is 80.2 Å². The second-order valence-corrected chi connectivity index (χ2v) is 8.14. The van der Waals surface area contributed by atoms with Gasteiger partial charge in [-0.15, -0.1) is 0 Å². The van der Waals surface area contributed by atoms with Gasteiger partial charge in [-0.2, -0.15) is 0 Å². The Morgan fingerprint density at radius 2 is 1.62 bits per heavy atom. The zero-order chi connectivity index (χ0) is 22.5. The summed E-state index contributed by atoms with van der Waals surface area (Å²) in [6.07, 6.45) is 0. The molecule has 1 aromatic heterocycles. The molecule has 0 bridgehead atoms. The molecule has 3 aromatic carbocycles. The second kappa shape index (κ2) is 9.62. The van der Waals surface area contributed by atoms with Crippen molar-refractivity contribution in [2.45, 2.75) is 13.1 Å². The van der Waals surface area contributed by atoms with E-state index in [1.807, 2.05) is 42.5 Å². The predicted octanol–water partition coefficient (Wildman–Crippen LogP) is 4.33. The maximum atomic E-state index is 12.9. The molecule has 4 rings (SSSR count). The number of halogens is 1. The van der Waals surface area contributed by atoms with Gasteiger partial charge >= 0.3 is 0 Å². The molecule has 0 aliphatic heterocycles. The molecule has 0 saturated carbocycles. The number of nitrogens with zero attached hydrogens (tertiary/aromatic N) is 1. The maximum absolute atomic E-state index is 12.9. The van der Waals surface area contributed by atoms with Crippen molar-refractivity contribution in [3.05, 3.63) is 111 Å². The zero-order valence-corrected chi connectivity index (χ0v) is 18.6. The molecule has 0 aliphatic carbocycles. The molecule has 2 amide bonds. The number of hydrogen-bond acceptors (Lipinski definition) is 3. The summed E-state index contributed by atoms with van der Waals surface area (Å²) in [5.74, 6) is -0.676. The van der Waals surface area contributed by atoms with Crippen molar-refractivity contribution in [3.8, 4) is 0 Å². The van der Waals surface area contributed by atoms with E-state index in [1.165, 1.54) is 10.6 Å². The average molecular weight is 490 g/mol. The third-order valence-corrected chi connectivity index (χ3v) is 5.46. The molecule has 0 saturated heterocycles. The number of pyridine rings is 1. The Morgan fingerprint density at radius 1 is 0.875 bits per heavy atom. The Kier molecular flexibility index (Phi) is 6.47. The summed E-state index contributed by atoms with van der Waals surface area (Å²) in [4.78, 5) is 38.3. The number of nitrogens with one attached hydrogen (secondary N) is 2. The smallest absolute Gasteiger partial charge is 0.252 e. The molecule has 0 fully saturated rings. The van der Waals surface area contributed by atoms with Crippen LogP contribution in [0.25, 0.3) is 10.9 Å². The lowest BCUT2D eigenvalue weighted by atomic mass is 10.1. The predicted molar refractivity (Wildman–Crippen MR) is 129 cm³/mol.